The second-order valence-corrected chi connectivity index (χ2v) is 17.4. The lowest BCUT2D eigenvalue weighted by Gasteiger charge is -2.28. The molecule has 0 aromatic rings. The Morgan fingerprint density at radius 2 is 0.912 bits per heavy atom. The van der Waals surface area contributed by atoms with Crippen molar-refractivity contribution in [1.82, 2.24) is 5.32 Å². The molecule has 0 fully saturated rings. The second kappa shape index (κ2) is 44.4. The first-order valence-corrected chi connectivity index (χ1v) is 25.2. The molecule has 7 heteroatoms. The van der Waals surface area contributed by atoms with Gasteiger partial charge in [-0.15, -0.1) is 0 Å². The van der Waals surface area contributed by atoms with Crippen LogP contribution in [0.2, 0.25) is 0 Å². The van der Waals surface area contributed by atoms with E-state index in [0.29, 0.717) is 26.2 Å². The molecular weight excluding hydrogens is 711 g/mol. The predicted octanol–water partition coefficient (Wildman–Crippen LogP) is 14.6. The summed E-state index contributed by atoms with van der Waals surface area (Å²) in [5, 5.41) is 3.00. The van der Waals surface area contributed by atoms with E-state index in [2.05, 4.69) is 26.1 Å². The van der Waals surface area contributed by atoms with Crippen LogP contribution in [0.3, 0.4) is 0 Å². The van der Waals surface area contributed by atoms with Gasteiger partial charge in [0.25, 0.3) is 0 Å². The molecule has 0 heterocycles. The van der Waals surface area contributed by atoms with Crippen molar-refractivity contribution in [2.24, 2.45) is 0 Å². The number of hydrogen-bond donors (Lipinski definition) is 1. The Bertz CT molecular complexity index is 840. The van der Waals surface area contributed by atoms with E-state index in [9.17, 15) is 9.59 Å². The number of esters is 1. The molecule has 2 unspecified atom stereocenters. The van der Waals surface area contributed by atoms with Crippen LogP contribution in [-0.2, 0) is 28.5 Å². The Kier molecular flexibility index (Phi) is 43.5. The molecule has 1 amide bonds. The summed E-state index contributed by atoms with van der Waals surface area (Å²) in [6.45, 7) is 14.2. The largest absolute Gasteiger partial charge is 0.463 e. The van der Waals surface area contributed by atoms with Crippen LogP contribution in [0.15, 0.2) is 0 Å². The zero-order valence-electron chi connectivity index (χ0n) is 39.0. The first-order valence-electron chi connectivity index (χ1n) is 25.2. The fourth-order valence-electron chi connectivity index (χ4n) is 7.27. The number of carbonyl (C=O) groups excluding carboxylic acids is 2. The summed E-state index contributed by atoms with van der Waals surface area (Å²) >= 11 is 0. The van der Waals surface area contributed by atoms with Gasteiger partial charge in [0.15, 0.2) is 0 Å². The lowest BCUT2D eigenvalue weighted by molar-refractivity contribution is -0.156. The lowest BCUT2D eigenvalue weighted by atomic mass is 10.0. The zero-order chi connectivity index (χ0) is 41.8. The fraction of sp³-hybridized carbons (Fsp3) is 0.960. The summed E-state index contributed by atoms with van der Waals surface area (Å²) in [4.78, 5) is 25.0. The Morgan fingerprint density at radius 3 is 1.37 bits per heavy atom. The summed E-state index contributed by atoms with van der Waals surface area (Å²) in [7, 11) is 0. The number of rotatable bonds is 47. The SMILES string of the molecule is CCCCCCCCCCCCCCCCOCC(CCNC(=O)CCC(=O)OCC(C)(CC)OCCCCC)OCCCCCCCCCCCCCCCC. The molecule has 0 rings (SSSR count). The van der Waals surface area contributed by atoms with Crippen molar-refractivity contribution >= 4 is 11.9 Å². The Balaban J connectivity index is 4.32. The summed E-state index contributed by atoms with van der Waals surface area (Å²) in [6.07, 6.45) is 42.7. The van der Waals surface area contributed by atoms with E-state index in [1.165, 1.54) is 167 Å². The van der Waals surface area contributed by atoms with Crippen LogP contribution in [0, 0.1) is 0 Å². The number of carbonyl (C=O) groups is 2. The quantitative estimate of drug-likeness (QED) is 0.0487. The molecule has 0 aliphatic rings. The van der Waals surface area contributed by atoms with E-state index in [1.807, 2.05) is 13.8 Å². The topological polar surface area (TPSA) is 83.1 Å². The number of hydrogen-bond acceptors (Lipinski definition) is 6. The van der Waals surface area contributed by atoms with Gasteiger partial charge in [-0.05, 0) is 39.0 Å². The van der Waals surface area contributed by atoms with Crippen LogP contribution in [0.1, 0.15) is 259 Å². The van der Waals surface area contributed by atoms with Crippen molar-refractivity contribution in [1.29, 1.82) is 0 Å². The number of nitrogens with one attached hydrogen (secondary N) is 1. The third-order valence-electron chi connectivity index (χ3n) is 11.6. The zero-order valence-corrected chi connectivity index (χ0v) is 39.0. The normalized spacial score (nSPS) is 13.1. The Hall–Kier alpha value is -1.18. The van der Waals surface area contributed by atoms with Gasteiger partial charge in [-0.3, -0.25) is 9.59 Å². The van der Waals surface area contributed by atoms with E-state index >= 15 is 0 Å². The van der Waals surface area contributed by atoms with Gasteiger partial charge < -0.3 is 24.3 Å². The van der Waals surface area contributed by atoms with Gasteiger partial charge in [-0.2, -0.15) is 0 Å². The molecule has 0 aliphatic heterocycles. The highest BCUT2D eigenvalue weighted by atomic mass is 16.6. The molecule has 57 heavy (non-hydrogen) atoms. The molecule has 2 atom stereocenters. The number of ether oxygens (including phenoxy) is 4. The summed E-state index contributed by atoms with van der Waals surface area (Å²) in [5.74, 6) is -0.483. The maximum atomic E-state index is 12.6. The van der Waals surface area contributed by atoms with Gasteiger partial charge in [0.1, 0.15) is 6.61 Å². The third-order valence-corrected chi connectivity index (χ3v) is 11.6. The number of amides is 1. The van der Waals surface area contributed by atoms with Gasteiger partial charge in [0.05, 0.1) is 24.7 Å². The molecule has 340 valence electrons. The molecule has 0 aromatic carbocycles. The van der Waals surface area contributed by atoms with Crippen molar-refractivity contribution in [2.75, 3.05) is 39.6 Å². The molecule has 7 nitrogen and oxygen atoms in total. The molecule has 0 saturated carbocycles. The second-order valence-electron chi connectivity index (χ2n) is 17.4. The lowest BCUT2D eigenvalue weighted by Crippen LogP contribution is -2.35. The first kappa shape index (κ1) is 55.8. The number of unbranched alkanes of at least 4 members (excludes halogenated alkanes) is 28. The van der Waals surface area contributed by atoms with Crippen LogP contribution < -0.4 is 5.32 Å². The minimum atomic E-state index is -0.484. The van der Waals surface area contributed by atoms with Crippen LogP contribution in [0.5, 0.6) is 0 Å². The van der Waals surface area contributed by atoms with Crippen LogP contribution >= 0.6 is 0 Å². The highest BCUT2D eigenvalue weighted by molar-refractivity contribution is 5.81. The summed E-state index contributed by atoms with van der Waals surface area (Å²) < 4.78 is 23.9. The van der Waals surface area contributed by atoms with E-state index in [0.717, 1.165) is 51.7 Å². The minimum Gasteiger partial charge on any atom is -0.463 e. The van der Waals surface area contributed by atoms with E-state index < -0.39 is 5.60 Å². The van der Waals surface area contributed by atoms with Gasteiger partial charge >= 0.3 is 5.97 Å². The average Bonchev–Trinajstić information content (AvgIpc) is 3.21. The van der Waals surface area contributed by atoms with Crippen LogP contribution in [-0.4, -0.2) is 63.2 Å². The van der Waals surface area contributed by atoms with Gasteiger partial charge in [0, 0.05) is 32.8 Å². The molecule has 1 N–H and O–H groups in total. The first-order chi connectivity index (χ1) is 27.9. The maximum Gasteiger partial charge on any atom is 0.306 e. The maximum absolute atomic E-state index is 12.6. The van der Waals surface area contributed by atoms with Crippen molar-refractivity contribution in [3.05, 3.63) is 0 Å². The molecule has 0 aromatic heterocycles. The van der Waals surface area contributed by atoms with Gasteiger partial charge in [0.2, 0.25) is 5.91 Å². The molecule has 0 aliphatic carbocycles. The van der Waals surface area contributed by atoms with E-state index in [-0.39, 0.29) is 37.4 Å². The van der Waals surface area contributed by atoms with E-state index in [4.69, 9.17) is 18.9 Å². The Labute approximate surface area is 355 Å². The van der Waals surface area contributed by atoms with Crippen molar-refractivity contribution < 1.29 is 28.5 Å². The van der Waals surface area contributed by atoms with Crippen molar-refractivity contribution in [2.45, 2.75) is 271 Å². The molecular formula is C50H99NO6. The van der Waals surface area contributed by atoms with Gasteiger partial charge in [-0.1, -0.05) is 207 Å². The fourth-order valence-corrected chi connectivity index (χ4v) is 7.27. The van der Waals surface area contributed by atoms with Gasteiger partial charge in [-0.25, -0.2) is 0 Å². The van der Waals surface area contributed by atoms with Crippen molar-refractivity contribution in [3.8, 4) is 0 Å². The van der Waals surface area contributed by atoms with E-state index in [1.54, 1.807) is 0 Å². The predicted molar refractivity (Wildman–Crippen MR) is 243 cm³/mol. The average molecular weight is 810 g/mol. The highest BCUT2D eigenvalue weighted by Gasteiger charge is 2.25. The molecule has 0 radical (unpaired) electrons. The highest BCUT2D eigenvalue weighted by Crippen LogP contribution is 2.18. The monoisotopic (exact) mass is 810 g/mol. The minimum absolute atomic E-state index is 0.0343. The smallest absolute Gasteiger partial charge is 0.306 e. The molecule has 0 spiro atoms. The van der Waals surface area contributed by atoms with Crippen LogP contribution in [0.25, 0.3) is 0 Å². The molecule has 0 bridgehead atoms. The standard InChI is InChI=1S/C50H99NO6/c1-6-10-13-15-17-19-21-23-25-27-29-31-33-36-42-54-45-47(55-43-37-34-32-30-28-26-24-22-20-18-16-14-11-7-2)40-41-51-48(52)38-39-49(53)56-46-50(5,9-4)57-44-35-12-8-3/h47H,6-46H2,1-5H3,(H,51,52). The van der Waals surface area contributed by atoms with Crippen molar-refractivity contribution in [3.63, 3.8) is 0 Å². The third kappa shape index (κ3) is 41.3. The van der Waals surface area contributed by atoms with Crippen LogP contribution in [0.4, 0.5) is 0 Å². The summed E-state index contributed by atoms with van der Waals surface area (Å²) in [5.41, 5.74) is -0.484. The summed E-state index contributed by atoms with van der Waals surface area (Å²) in [6, 6.07) is 0. The molecule has 0 saturated heterocycles. The Morgan fingerprint density at radius 1 is 0.509 bits per heavy atom.